The summed E-state index contributed by atoms with van der Waals surface area (Å²) in [4.78, 5) is 14.1. The van der Waals surface area contributed by atoms with E-state index in [1.807, 2.05) is 6.07 Å². The highest BCUT2D eigenvalue weighted by Gasteiger charge is 2.24. The minimum Gasteiger partial charge on any atom is -0.378 e. The topological polar surface area (TPSA) is 52.6 Å². The highest BCUT2D eigenvalue weighted by atomic mass is 16.3. The molecule has 2 aliphatic rings. The van der Waals surface area contributed by atoms with Crippen molar-refractivity contribution in [2.45, 2.75) is 63.5 Å². The number of aliphatic hydroxyl groups excluding tert-OH is 1. The fourth-order valence-electron chi connectivity index (χ4n) is 4.70. The van der Waals surface area contributed by atoms with Gasteiger partial charge in [-0.1, -0.05) is 48.9 Å². The van der Waals surface area contributed by atoms with Crippen LogP contribution in [0.4, 0.5) is 5.69 Å². The molecule has 0 aliphatic carbocycles. The molecule has 0 radical (unpaired) electrons. The average Bonchev–Trinajstić information content (AvgIpc) is 2.94. The number of likely N-dealkylation sites (tertiary alicyclic amines) is 1. The molecule has 1 fully saturated rings. The Hall–Kier alpha value is -2.17. The molecule has 0 spiro atoms. The minimum atomic E-state index is -0.400. The number of carbonyl (C=O) groups excluding carboxylic acids is 1. The van der Waals surface area contributed by atoms with Crippen molar-refractivity contribution in [3.05, 3.63) is 65.2 Å². The monoisotopic (exact) mass is 392 g/mol. The zero-order valence-corrected chi connectivity index (χ0v) is 17.1. The Morgan fingerprint density at radius 3 is 2.55 bits per heavy atom. The third kappa shape index (κ3) is 5.26. The van der Waals surface area contributed by atoms with Gasteiger partial charge in [-0.05, 0) is 67.2 Å². The average molecular weight is 393 g/mol. The van der Waals surface area contributed by atoms with Gasteiger partial charge in [0.05, 0.1) is 0 Å². The van der Waals surface area contributed by atoms with Crippen LogP contribution in [-0.4, -0.2) is 35.2 Å². The number of anilines is 1. The highest BCUT2D eigenvalue weighted by Crippen LogP contribution is 2.32. The van der Waals surface area contributed by atoms with Crippen LogP contribution in [0.25, 0.3) is 0 Å². The molecule has 2 N–H and O–H groups in total. The number of fused-ring (bicyclic) bond motifs is 1. The Balaban J connectivity index is 1.57. The van der Waals surface area contributed by atoms with Gasteiger partial charge < -0.3 is 10.4 Å². The fraction of sp³-hybridized carbons (Fsp3) is 0.480. The van der Waals surface area contributed by atoms with Crippen molar-refractivity contribution in [1.29, 1.82) is 0 Å². The summed E-state index contributed by atoms with van der Waals surface area (Å²) in [6.07, 6.45) is 7.28. The second-order valence-corrected chi connectivity index (χ2v) is 8.52. The molecule has 1 saturated heterocycles. The third-order valence-corrected chi connectivity index (χ3v) is 6.36. The second kappa shape index (κ2) is 9.55. The van der Waals surface area contributed by atoms with Gasteiger partial charge in [0.2, 0.25) is 5.91 Å². The fourth-order valence-corrected chi connectivity index (χ4v) is 4.70. The summed E-state index contributed by atoms with van der Waals surface area (Å²) in [6, 6.07) is 17.0. The number of carbonyl (C=O) groups is 1. The zero-order valence-electron chi connectivity index (χ0n) is 17.1. The largest absolute Gasteiger partial charge is 0.378 e. The van der Waals surface area contributed by atoms with Gasteiger partial charge in [-0.3, -0.25) is 9.69 Å². The molecule has 2 aliphatic heterocycles. The van der Waals surface area contributed by atoms with E-state index in [1.165, 1.54) is 36.0 Å². The van der Waals surface area contributed by atoms with Crippen LogP contribution in [0.15, 0.2) is 48.5 Å². The number of benzene rings is 2. The van der Waals surface area contributed by atoms with Crippen LogP contribution >= 0.6 is 0 Å². The minimum absolute atomic E-state index is 0.109. The van der Waals surface area contributed by atoms with E-state index in [0.29, 0.717) is 6.42 Å². The molecule has 2 heterocycles. The molecule has 1 amide bonds. The molecule has 0 bridgehead atoms. The van der Waals surface area contributed by atoms with E-state index in [0.717, 1.165) is 44.5 Å². The highest BCUT2D eigenvalue weighted by molar-refractivity contribution is 5.92. The molecule has 2 aromatic carbocycles. The van der Waals surface area contributed by atoms with Crippen LogP contribution in [-0.2, 0) is 17.6 Å². The van der Waals surface area contributed by atoms with Gasteiger partial charge in [0.15, 0.2) is 0 Å². The van der Waals surface area contributed by atoms with Crippen molar-refractivity contribution in [3.63, 3.8) is 0 Å². The van der Waals surface area contributed by atoms with Gasteiger partial charge in [0.25, 0.3) is 0 Å². The van der Waals surface area contributed by atoms with E-state index in [2.05, 4.69) is 52.7 Å². The summed E-state index contributed by atoms with van der Waals surface area (Å²) < 4.78 is 0. The molecule has 1 unspecified atom stereocenters. The summed E-state index contributed by atoms with van der Waals surface area (Å²) in [5, 5.41) is 14.0. The summed E-state index contributed by atoms with van der Waals surface area (Å²) in [6.45, 7) is 1.99. The van der Waals surface area contributed by atoms with Crippen LogP contribution in [0.3, 0.4) is 0 Å². The van der Waals surface area contributed by atoms with Gasteiger partial charge in [0, 0.05) is 25.2 Å². The number of nitrogens with one attached hydrogen (secondary N) is 1. The van der Waals surface area contributed by atoms with E-state index >= 15 is 0 Å². The Labute approximate surface area is 173 Å². The van der Waals surface area contributed by atoms with Crippen molar-refractivity contribution < 1.29 is 9.90 Å². The quantitative estimate of drug-likeness (QED) is 0.762. The lowest BCUT2D eigenvalue weighted by Gasteiger charge is -2.33. The Morgan fingerprint density at radius 1 is 0.966 bits per heavy atom. The first-order valence-electron chi connectivity index (χ1n) is 11.1. The lowest BCUT2D eigenvalue weighted by Crippen LogP contribution is -2.40. The smallest absolute Gasteiger partial charge is 0.224 e. The first-order chi connectivity index (χ1) is 14.2. The molecule has 4 nitrogen and oxygen atoms in total. The lowest BCUT2D eigenvalue weighted by molar-refractivity contribution is -0.116. The van der Waals surface area contributed by atoms with Gasteiger partial charge in [-0.2, -0.15) is 0 Å². The second-order valence-electron chi connectivity index (χ2n) is 8.52. The number of aryl methyl sites for hydroxylation is 1. The number of aliphatic hydroxyl groups is 1. The molecule has 2 atom stereocenters. The molecule has 29 heavy (non-hydrogen) atoms. The molecule has 154 valence electrons. The molecule has 0 saturated carbocycles. The van der Waals surface area contributed by atoms with E-state index in [1.54, 1.807) is 0 Å². The Kier molecular flexibility index (Phi) is 6.63. The van der Waals surface area contributed by atoms with E-state index in [-0.39, 0.29) is 11.8 Å². The molecular formula is C25H32N2O2. The van der Waals surface area contributed by atoms with Crippen LogP contribution < -0.4 is 5.32 Å². The summed E-state index contributed by atoms with van der Waals surface area (Å²) in [5.41, 5.74) is 4.73. The maximum absolute atomic E-state index is 11.9. The number of hydrogen-bond acceptors (Lipinski definition) is 3. The van der Waals surface area contributed by atoms with Gasteiger partial charge in [-0.25, -0.2) is 0 Å². The van der Waals surface area contributed by atoms with Crippen LogP contribution in [0, 0.1) is 0 Å². The van der Waals surface area contributed by atoms with Crippen molar-refractivity contribution >= 4 is 11.6 Å². The van der Waals surface area contributed by atoms with Crippen molar-refractivity contribution in [2.75, 3.05) is 18.4 Å². The van der Waals surface area contributed by atoms with Crippen LogP contribution in [0.1, 0.15) is 61.1 Å². The number of amides is 1. The standard InChI is InChI=1S/C25H32N2O2/c28-24-11-7-10-21-17-20(12-13-23(21)26-24)22(16-19-8-3-1-4-9-19)18-25(29)27-14-5-2-6-15-27/h1,3-4,8-9,12-13,17,22,25,29H,2,5-7,10-11,14-16,18H2,(H,26,28)/t22-,25?/m1/s1. The van der Waals surface area contributed by atoms with E-state index in [4.69, 9.17) is 0 Å². The van der Waals surface area contributed by atoms with Crippen molar-refractivity contribution in [3.8, 4) is 0 Å². The summed E-state index contributed by atoms with van der Waals surface area (Å²) in [5.74, 6) is 0.358. The predicted molar refractivity (Wildman–Crippen MR) is 117 cm³/mol. The molecule has 2 aromatic rings. The zero-order chi connectivity index (χ0) is 20.1. The van der Waals surface area contributed by atoms with Crippen molar-refractivity contribution in [2.24, 2.45) is 0 Å². The first-order valence-corrected chi connectivity index (χ1v) is 11.1. The van der Waals surface area contributed by atoms with Gasteiger partial charge in [-0.15, -0.1) is 0 Å². The van der Waals surface area contributed by atoms with Crippen LogP contribution in [0.5, 0.6) is 0 Å². The normalized spacial score (nSPS) is 19.7. The summed E-state index contributed by atoms with van der Waals surface area (Å²) in [7, 11) is 0. The number of nitrogens with zero attached hydrogens (tertiary/aromatic N) is 1. The molecule has 4 heteroatoms. The first kappa shape index (κ1) is 20.1. The van der Waals surface area contributed by atoms with E-state index < -0.39 is 6.23 Å². The number of hydrogen-bond donors (Lipinski definition) is 2. The van der Waals surface area contributed by atoms with Crippen molar-refractivity contribution in [1.82, 2.24) is 4.90 Å². The lowest BCUT2D eigenvalue weighted by atomic mass is 9.86. The van der Waals surface area contributed by atoms with Gasteiger partial charge >= 0.3 is 0 Å². The maximum Gasteiger partial charge on any atom is 0.224 e. The molecule has 0 aromatic heterocycles. The van der Waals surface area contributed by atoms with Crippen LogP contribution in [0.2, 0.25) is 0 Å². The maximum atomic E-state index is 11.9. The predicted octanol–water partition coefficient (Wildman–Crippen LogP) is 4.48. The third-order valence-electron chi connectivity index (χ3n) is 6.36. The molecule has 4 rings (SSSR count). The SMILES string of the molecule is O=C1CCCc2cc([C@H](Cc3ccccc3)CC(O)N3CCCCC3)ccc2N1. The van der Waals surface area contributed by atoms with Gasteiger partial charge in [0.1, 0.15) is 6.23 Å². The Morgan fingerprint density at radius 2 is 1.76 bits per heavy atom. The number of rotatable bonds is 6. The van der Waals surface area contributed by atoms with E-state index in [9.17, 15) is 9.90 Å². The Bertz CT molecular complexity index is 815. The number of piperidine rings is 1. The molecular weight excluding hydrogens is 360 g/mol. The summed E-state index contributed by atoms with van der Waals surface area (Å²) >= 11 is 0.